The van der Waals surface area contributed by atoms with Crippen molar-refractivity contribution in [1.29, 1.82) is 0 Å². The van der Waals surface area contributed by atoms with Crippen LogP contribution in [0.25, 0.3) is 0 Å². The Bertz CT molecular complexity index is 1240. The van der Waals surface area contributed by atoms with Gasteiger partial charge in [-0.1, -0.05) is 12.1 Å². The summed E-state index contributed by atoms with van der Waals surface area (Å²) in [5.41, 5.74) is 3.24. The van der Waals surface area contributed by atoms with Gasteiger partial charge in [-0.3, -0.25) is 9.59 Å². The van der Waals surface area contributed by atoms with Crippen molar-refractivity contribution in [3.8, 4) is 0 Å². The average Bonchev–Trinajstić information content (AvgIpc) is 3.06. The summed E-state index contributed by atoms with van der Waals surface area (Å²) < 4.78 is 23.4. The molecule has 3 rings (SSSR count). The molecular formula is C26H34N4O4S. The molecule has 0 spiro atoms. The molecule has 0 aromatic heterocycles. The van der Waals surface area contributed by atoms with E-state index in [1.165, 1.54) is 12.1 Å². The molecule has 0 saturated heterocycles. The van der Waals surface area contributed by atoms with Crippen LogP contribution in [0, 0.1) is 0 Å². The van der Waals surface area contributed by atoms with Gasteiger partial charge in [-0.05, 0) is 71.3 Å². The lowest BCUT2D eigenvalue weighted by Gasteiger charge is -2.28. The van der Waals surface area contributed by atoms with Gasteiger partial charge in [0.05, 0.1) is 16.1 Å². The largest absolute Gasteiger partial charge is 0.348 e. The van der Waals surface area contributed by atoms with E-state index in [1.54, 1.807) is 18.2 Å². The topological polar surface area (TPSA) is 98.8 Å². The quantitative estimate of drug-likeness (QED) is 0.580. The van der Waals surface area contributed by atoms with Gasteiger partial charge in [0.2, 0.25) is 0 Å². The molecule has 0 fully saturated rings. The maximum absolute atomic E-state index is 13.1. The van der Waals surface area contributed by atoms with Crippen LogP contribution >= 0.6 is 0 Å². The molecule has 9 heteroatoms. The lowest BCUT2D eigenvalue weighted by atomic mass is 10.1. The molecule has 2 N–H and O–H groups in total. The van der Waals surface area contributed by atoms with Gasteiger partial charge in [0.15, 0.2) is 9.84 Å². The molecule has 188 valence electrons. The normalized spacial score (nSPS) is 17.0. The Kier molecular flexibility index (Phi) is 8.02. The lowest BCUT2D eigenvalue weighted by Crippen LogP contribution is -2.40. The zero-order valence-electron chi connectivity index (χ0n) is 21.1. The summed E-state index contributed by atoms with van der Waals surface area (Å²) in [5.74, 6) is -0.399. The first-order chi connectivity index (χ1) is 16.4. The van der Waals surface area contributed by atoms with E-state index in [0.717, 1.165) is 24.2 Å². The fourth-order valence-electron chi connectivity index (χ4n) is 4.45. The lowest BCUT2D eigenvalue weighted by molar-refractivity contribution is -0.113. The Morgan fingerprint density at radius 1 is 1.09 bits per heavy atom. The maximum atomic E-state index is 13.1. The third-order valence-corrected chi connectivity index (χ3v) is 7.11. The Morgan fingerprint density at radius 3 is 2.31 bits per heavy atom. The molecule has 1 aliphatic rings. The molecule has 2 atom stereocenters. The number of sulfone groups is 1. The maximum Gasteiger partial charge on any atom is 0.253 e. The second-order valence-electron chi connectivity index (χ2n) is 9.39. The number of rotatable bonds is 8. The van der Waals surface area contributed by atoms with Gasteiger partial charge in [-0.15, -0.1) is 0 Å². The minimum absolute atomic E-state index is 0.0171. The van der Waals surface area contributed by atoms with Gasteiger partial charge in [0.1, 0.15) is 0 Å². The second-order valence-corrected chi connectivity index (χ2v) is 11.4. The number of nitrogens with one attached hydrogen (secondary N) is 2. The zero-order chi connectivity index (χ0) is 25.9. The monoisotopic (exact) mass is 498 g/mol. The van der Waals surface area contributed by atoms with Crippen molar-refractivity contribution in [3.63, 3.8) is 0 Å². The Labute approximate surface area is 207 Å². The molecular weight excluding hydrogens is 464 g/mol. The number of nitrogens with zero attached hydrogens (tertiary/aromatic N) is 2. The first-order valence-corrected chi connectivity index (χ1v) is 13.4. The van der Waals surface area contributed by atoms with Crippen molar-refractivity contribution in [2.24, 2.45) is 0 Å². The number of para-hydroxylation sites is 1. The van der Waals surface area contributed by atoms with E-state index in [1.807, 2.05) is 62.9 Å². The van der Waals surface area contributed by atoms with Crippen LogP contribution in [-0.4, -0.2) is 64.1 Å². The van der Waals surface area contributed by atoms with Crippen molar-refractivity contribution < 1.29 is 18.0 Å². The Balaban J connectivity index is 1.83. The van der Waals surface area contributed by atoms with E-state index in [0.29, 0.717) is 23.2 Å². The van der Waals surface area contributed by atoms with Crippen LogP contribution in [-0.2, 0) is 14.6 Å². The highest BCUT2D eigenvalue weighted by molar-refractivity contribution is 7.90. The molecule has 2 aromatic carbocycles. The molecule has 0 bridgehead atoms. The summed E-state index contributed by atoms with van der Waals surface area (Å²) in [4.78, 5) is 30.4. The van der Waals surface area contributed by atoms with Gasteiger partial charge in [-0.25, -0.2) is 8.42 Å². The Morgan fingerprint density at radius 2 is 1.71 bits per heavy atom. The van der Waals surface area contributed by atoms with E-state index in [4.69, 9.17) is 0 Å². The first-order valence-electron chi connectivity index (χ1n) is 11.5. The minimum Gasteiger partial charge on any atom is -0.348 e. The van der Waals surface area contributed by atoms with Gasteiger partial charge >= 0.3 is 0 Å². The number of benzene rings is 2. The average molecular weight is 499 g/mol. The second kappa shape index (κ2) is 10.6. The molecule has 0 aliphatic carbocycles. The standard InChI is InChI=1S/C26H34N4O4S/c1-17(16-29(4)5)27-25(31)22-9-7-8-10-24(22)30-18(2)15-23(19(30)3)26(32)28-20-11-13-21(14-12-20)35(6,33)34/h7-14,17-18H,15-16H2,1-6H3,(H,27,31)(H,28,32). The van der Waals surface area contributed by atoms with Gasteiger partial charge < -0.3 is 20.4 Å². The van der Waals surface area contributed by atoms with Gasteiger partial charge in [-0.2, -0.15) is 0 Å². The third kappa shape index (κ3) is 6.29. The molecule has 8 nitrogen and oxygen atoms in total. The van der Waals surface area contributed by atoms with Crippen molar-refractivity contribution in [3.05, 3.63) is 65.4 Å². The fraction of sp³-hybridized carbons (Fsp3) is 0.385. The van der Waals surface area contributed by atoms with E-state index in [-0.39, 0.29) is 28.8 Å². The molecule has 1 aliphatic heterocycles. The van der Waals surface area contributed by atoms with E-state index < -0.39 is 9.84 Å². The van der Waals surface area contributed by atoms with Crippen LogP contribution < -0.4 is 15.5 Å². The van der Waals surface area contributed by atoms with Crippen LogP contribution in [0.15, 0.2) is 64.7 Å². The minimum atomic E-state index is -3.31. The van der Waals surface area contributed by atoms with E-state index in [9.17, 15) is 18.0 Å². The fourth-order valence-corrected chi connectivity index (χ4v) is 5.08. The summed E-state index contributed by atoms with van der Waals surface area (Å²) in [6.45, 7) is 6.60. The highest BCUT2D eigenvalue weighted by atomic mass is 32.2. The SMILES string of the molecule is CC1=C(C(=O)Nc2ccc(S(C)(=O)=O)cc2)CC(C)N1c1ccccc1C(=O)NC(C)CN(C)C. The van der Waals surface area contributed by atoms with Crippen LogP contribution in [0.1, 0.15) is 37.6 Å². The highest BCUT2D eigenvalue weighted by Gasteiger charge is 2.33. The number of carbonyl (C=O) groups is 2. The molecule has 2 unspecified atom stereocenters. The molecule has 0 radical (unpaired) electrons. The number of hydrogen-bond donors (Lipinski definition) is 2. The van der Waals surface area contributed by atoms with Crippen LogP contribution in [0.3, 0.4) is 0 Å². The van der Waals surface area contributed by atoms with Gasteiger partial charge in [0.25, 0.3) is 11.8 Å². The van der Waals surface area contributed by atoms with Crippen LogP contribution in [0.4, 0.5) is 11.4 Å². The number of carbonyl (C=O) groups excluding carboxylic acids is 2. The number of allylic oxidation sites excluding steroid dienone is 1. The summed E-state index contributed by atoms with van der Waals surface area (Å²) in [6, 6.07) is 13.5. The number of anilines is 2. The number of hydrogen-bond acceptors (Lipinski definition) is 6. The molecule has 2 amide bonds. The summed E-state index contributed by atoms with van der Waals surface area (Å²) in [7, 11) is 0.617. The summed E-state index contributed by atoms with van der Waals surface area (Å²) in [5, 5.41) is 5.92. The molecule has 2 aromatic rings. The van der Waals surface area contributed by atoms with E-state index >= 15 is 0 Å². The van der Waals surface area contributed by atoms with Crippen molar-refractivity contribution in [2.45, 2.75) is 44.2 Å². The molecule has 35 heavy (non-hydrogen) atoms. The summed E-state index contributed by atoms with van der Waals surface area (Å²) >= 11 is 0. The number of amides is 2. The third-order valence-electron chi connectivity index (χ3n) is 5.98. The van der Waals surface area contributed by atoms with Crippen LogP contribution in [0.5, 0.6) is 0 Å². The first kappa shape index (κ1) is 26.4. The Hall–Kier alpha value is -3.17. The number of likely N-dealkylation sites (N-methyl/N-ethyl adjacent to an activating group) is 1. The van der Waals surface area contributed by atoms with Crippen molar-refractivity contribution >= 4 is 33.0 Å². The van der Waals surface area contributed by atoms with E-state index in [2.05, 4.69) is 10.6 Å². The van der Waals surface area contributed by atoms with Crippen molar-refractivity contribution in [1.82, 2.24) is 10.2 Å². The van der Waals surface area contributed by atoms with Gasteiger partial charge in [0, 0.05) is 48.3 Å². The zero-order valence-corrected chi connectivity index (χ0v) is 21.9. The smallest absolute Gasteiger partial charge is 0.253 e. The van der Waals surface area contributed by atoms with Crippen LogP contribution in [0.2, 0.25) is 0 Å². The predicted molar refractivity (Wildman–Crippen MR) is 139 cm³/mol. The molecule has 0 saturated carbocycles. The predicted octanol–water partition coefficient (Wildman–Crippen LogP) is 3.28. The summed E-state index contributed by atoms with van der Waals surface area (Å²) in [6.07, 6.45) is 1.66. The molecule has 1 heterocycles. The highest BCUT2D eigenvalue weighted by Crippen LogP contribution is 2.36. The van der Waals surface area contributed by atoms with Crippen molar-refractivity contribution in [2.75, 3.05) is 37.1 Å².